The Morgan fingerprint density at radius 3 is 2.49 bits per heavy atom. The zero-order valence-corrected chi connectivity index (χ0v) is 22.7. The molecule has 0 aliphatic carbocycles. The van der Waals surface area contributed by atoms with Crippen LogP contribution < -0.4 is 10.2 Å². The fraction of sp³-hybridized carbons (Fsp3) is 0.452. The highest BCUT2D eigenvalue weighted by Crippen LogP contribution is 2.40. The third-order valence-corrected chi connectivity index (χ3v) is 8.25. The number of carbonyl (C=O) groups excluding carboxylic acids is 1. The molecule has 2 saturated heterocycles. The van der Waals surface area contributed by atoms with Crippen LogP contribution in [0.3, 0.4) is 0 Å². The first kappa shape index (κ1) is 27.5. The first-order valence-corrected chi connectivity index (χ1v) is 13.9. The predicted octanol–water partition coefficient (Wildman–Crippen LogP) is 3.26. The molecule has 2 aliphatic heterocycles. The van der Waals surface area contributed by atoms with Gasteiger partial charge in [0, 0.05) is 45.0 Å². The van der Waals surface area contributed by atoms with Gasteiger partial charge in [-0.3, -0.25) is 9.69 Å². The number of hydrogen-bond donors (Lipinski definition) is 3. The van der Waals surface area contributed by atoms with Gasteiger partial charge in [0.05, 0.1) is 12.8 Å². The Morgan fingerprint density at radius 2 is 1.77 bits per heavy atom. The maximum atomic E-state index is 14.0. The number of aliphatic hydroxyl groups excluding tert-OH is 2. The third-order valence-electron chi connectivity index (χ3n) is 8.25. The van der Waals surface area contributed by atoms with Gasteiger partial charge in [0.2, 0.25) is 5.91 Å². The first-order chi connectivity index (χ1) is 18.9. The van der Waals surface area contributed by atoms with Gasteiger partial charge in [-0.15, -0.1) is 0 Å². The monoisotopic (exact) mass is 534 g/mol. The summed E-state index contributed by atoms with van der Waals surface area (Å²) in [6.45, 7) is 6.16. The number of fused-ring (bicyclic) bond motifs is 1. The van der Waals surface area contributed by atoms with E-state index >= 15 is 0 Å². The number of rotatable bonds is 10. The zero-order valence-electron chi connectivity index (χ0n) is 22.7. The van der Waals surface area contributed by atoms with E-state index in [-0.39, 0.29) is 24.9 Å². The van der Waals surface area contributed by atoms with Crippen molar-refractivity contribution in [2.24, 2.45) is 0 Å². The molecule has 0 saturated carbocycles. The Balaban J connectivity index is 1.32. The van der Waals surface area contributed by atoms with Crippen LogP contribution in [0.25, 0.3) is 10.8 Å². The van der Waals surface area contributed by atoms with E-state index in [0.29, 0.717) is 39.0 Å². The van der Waals surface area contributed by atoms with Crippen molar-refractivity contribution in [3.8, 4) is 0 Å². The zero-order chi connectivity index (χ0) is 27.4. The molecule has 3 aromatic carbocycles. The summed E-state index contributed by atoms with van der Waals surface area (Å²) in [7, 11) is 0. The average Bonchev–Trinajstić information content (AvgIpc) is 3.19. The standard InChI is InChI=1S/C31H39FN4O3/c1-23-5-2-6-24-7-3-8-25(29(23)24)20-34-16-13-31(14-17-34)30(39)35(21-28(38)19-33-15-4-18-37)22-36(31)27-11-9-26(32)10-12-27/h2-3,5-12,28,33,37-38H,4,13-22H2,1H3/t28-/m1/s1. The molecule has 39 heavy (non-hydrogen) atoms. The summed E-state index contributed by atoms with van der Waals surface area (Å²) in [5.74, 6) is -0.276. The van der Waals surface area contributed by atoms with Crippen LogP contribution in [0, 0.1) is 12.7 Å². The van der Waals surface area contributed by atoms with E-state index in [9.17, 15) is 14.3 Å². The normalized spacial score (nSPS) is 18.4. The number of nitrogens with one attached hydrogen (secondary N) is 1. The van der Waals surface area contributed by atoms with E-state index in [1.807, 2.05) is 0 Å². The molecule has 7 nitrogen and oxygen atoms in total. The van der Waals surface area contributed by atoms with Crippen LogP contribution in [0.15, 0.2) is 60.7 Å². The minimum atomic E-state index is -0.715. The lowest BCUT2D eigenvalue weighted by Crippen LogP contribution is -2.56. The number of aryl methyl sites for hydroxylation is 1. The van der Waals surface area contributed by atoms with Gasteiger partial charge in [-0.05, 0) is 78.9 Å². The predicted molar refractivity (Wildman–Crippen MR) is 152 cm³/mol. The Morgan fingerprint density at radius 1 is 1.05 bits per heavy atom. The number of anilines is 1. The van der Waals surface area contributed by atoms with Crippen molar-refractivity contribution in [2.45, 2.75) is 44.4 Å². The number of halogens is 1. The molecule has 2 heterocycles. The van der Waals surface area contributed by atoms with Gasteiger partial charge in [0.1, 0.15) is 11.4 Å². The molecule has 208 valence electrons. The molecule has 8 heteroatoms. The highest BCUT2D eigenvalue weighted by atomic mass is 19.1. The minimum absolute atomic E-state index is 0.0295. The van der Waals surface area contributed by atoms with Crippen molar-refractivity contribution in [3.63, 3.8) is 0 Å². The molecule has 1 spiro atoms. The number of carbonyl (C=O) groups is 1. The number of hydrogen-bond acceptors (Lipinski definition) is 6. The second kappa shape index (κ2) is 12.0. The molecular formula is C31H39FN4O3. The summed E-state index contributed by atoms with van der Waals surface area (Å²) >= 11 is 0. The van der Waals surface area contributed by atoms with Crippen molar-refractivity contribution >= 4 is 22.4 Å². The van der Waals surface area contributed by atoms with Crippen molar-refractivity contribution in [1.29, 1.82) is 0 Å². The largest absolute Gasteiger partial charge is 0.396 e. The second-order valence-electron chi connectivity index (χ2n) is 10.9. The van der Waals surface area contributed by atoms with Crippen LogP contribution in [-0.4, -0.2) is 83.6 Å². The number of likely N-dealkylation sites (tertiary alicyclic amines) is 1. The van der Waals surface area contributed by atoms with Gasteiger partial charge >= 0.3 is 0 Å². The number of piperidine rings is 1. The number of benzene rings is 3. The van der Waals surface area contributed by atoms with Gasteiger partial charge in [-0.1, -0.05) is 36.4 Å². The van der Waals surface area contributed by atoms with Crippen LogP contribution in [0.2, 0.25) is 0 Å². The quantitative estimate of drug-likeness (QED) is 0.347. The molecule has 0 radical (unpaired) electrons. The van der Waals surface area contributed by atoms with Crippen molar-refractivity contribution in [1.82, 2.24) is 15.1 Å². The number of amides is 1. The molecule has 0 aromatic heterocycles. The molecule has 1 atom stereocenters. The SMILES string of the molecule is Cc1cccc2cccc(CN3CCC4(CC3)C(=O)N(C[C@H](O)CNCCCO)CN4c3ccc(F)cc3)c12. The summed E-state index contributed by atoms with van der Waals surface area (Å²) in [6.07, 6.45) is 1.22. The number of nitrogens with zero attached hydrogens (tertiary/aromatic N) is 3. The lowest BCUT2D eigenvalue weighted by Gasteiger charge is -2.43. The molecule has 0 bridgehead atoms. The van der Waals surface area contributed by atoms with Gasteiger partial charge < -0.3 is 25.3 Å². The van der Waals surface area contributed by atoms with Gasteiger partial charge in [0.25, 0.3) is 0 Å². The highest BCUT2D eigenvalue weighted by Gasteiger charge is 2.53. The minimum Gasteiger partial charge on any atom is -0.396 e. The van der Waals surface area contributed by atoms with E-state index in [0.717, 1.165) is 25.3 Å². The fourth-order valence-electron chi connectivity index (χ4n) is 6.22. The number of aliphatic hydroxyl groups is 2. The average molecular weight is 535 g/mol. The lowest BCUT2D eigenvalue weighted by atomic mass is 9.85. The Hall–Kier alpha value is -3.04. The molecule has 5 rings (SSSR count). The van der Waals surface area contributed by atoms with Crippen LogP contribution in [0.1, 0.15) is 30.4 Å². The van der Waals surface area contributed by atoms with Crippen molar-refractivity contribution < 1.29 is 19.4 Å². The molecule has 1 amide bonds. The molecule has 3 N–H and O–H groups in total. The van der Waals surface area contributed by atoms with E-state index < -0.39 is 11.6 Å². The smallest absolute Gasteiger partial charge is 0.250 e. The number of β-amino-alcohol motifs (C(OH)–C–C–N with tert-alkyl or cyclic N) is 1. The summed E-state index contributed by atoms with van der Waals surface area (Å²) in [6, 6.07) is 19.2. The van der Waals surface area contributed by atoms with Gasteiger partial charge in [0.15, 0.2) is 0 Å². The molecule has 2 fully saturated rings. The molecule has 3 aromatic rings. The van der Waals surface area contributed by atoms with Crippen LogP contribution >= 0.6 is 0 Å². The highest BCUT2D eigenvalue weighted by molar-refractivity contribution is 5.93. The van der Waals surface area contributed by atoms with E-state index in [2.05, 4.69) is 58.4 Å². The fourth-order valence-corrected chi connectivity index (χ4v) is 6.22. The summed E-state index contributed by atoms with van der Waals surface area (Å²) < 4.78 is 13.7. The van der Waals surface area contributed by atoms with Gasteiger partial charge in [-0.2, -0.15) is 0 Å². The summed E-state index contributed by atoms with van der Waals surface area (Å²) in [4.78, 5) is 20.2. The second-order valence-corrected chi connectivity index (χ2v) is 10.9. The van der Waals surface area contributed by atoms with E-state index in [4.69, 9.17) is 5.11 Å². The molecule has 0 unspecified atom stereocenters. The lowest BCUT2D eigenvalue weighted by molar-refractivity contribution is -0.134. The maximum absolute atomic E-state index is 14.0. The van der Waals surface area contributed by atoms with Crippen molar-refractivity contribution in [2.75, 3.05) is 50.9 Å². The summed E-state index contributed by atoms with van der Waals surface area (Å²) in [5, 5.41) is 25.3. The summed E-state index contributed by atoms with van der Waals surface area (Å²) in [5.41, 5.74) is 2.67. The van der Waals surface area contributed by atoms with Crippen LogP contribution in [-0.2, 0) is 11.3 Å². The van der Waals surface area contributed by atoms with Gasteiger partial charge in [-0.25, -0.2) is 4.39 Å². The first-order valence-electron chi connectivity index (χ1n) is 13.9. The maximum Gasteiger partial charge on any atom is 0.250 e. The third kappa shape index (κ3) is 5.79. The Bertz CT molecular complexity index is 1270. The van der Waals surface area contributed by atoms with Crippen molar-refractivity contribution in [3.05, 3.63) is 77.6 Å². The molecular weight excluding hydrogens is 495 g/mol. The van der Waals surface area contributed by atoms with Crippen LogP contribution in [0.4, 0.5) is 10.1 Å². The Labute approximate surface area is 229 Å². The molecule has 2 aliphatic rings. The Kier molecular flexibility index (Phi) is 8.47. The van der Waals surface area contributed by atoms with E-state index in [1.54, 1.807) is 17.0 Å². The van der Waals surface area contributed by atoms with E-state index in [1.165, 1.54) is 34.0 Å². The topological polar surface area (TPSA) is 79.3 Å². The van der Waals surface area contributed by atoms with Crippen LogP contribution in [0.5, 0.6) is 0 Å².